The summed E-state index contributed by atoms with van der Waals surface area (Å²) in [6.45, 7) is 7.06. The number of aromatic nitrogens is 2. The lowest BCUT2D eigenvalue weighted by atomic mass is 9.87. The number of amides is 1. The van der Waals surface area contributed by atoms with Gasteiger partial charge in [-0.25, -0.2) is 9.97 Å². The topological polar surface area (TPSA) is 79.4 Å². The summed E-state index contributed by atoms with van der Waals surface area (Å²) in [5, 5.41) is 6.18. The van der Waals surface area contributed by atoms with Crippen LogP contribution in [0.4, 0.5) is 11.6 Å². The average Bonchev–Trinajstić information content (AvgIpc) is 2.69. The van der Waals surface area contributed by atoms with Crippen LogP contribution in [0.2, 0.25) is 0 Å². The molecule has 2 aliphatic rings. The molecule has 2 saturated heterocycles. The molecule has 7 heteroatoms. The highest BCUT2D eigenvalue weighted by Gasteiger charge is 2.39. The summed E-state index contributed by atoms with van der Waals surface area (Å²) in [6.07, 6.45) is 3.75. The summed E-state index contributed by atoms with van der Waals surface area (Å²) in [7, 11) is 0. The maximum Gasteiger partial charge on any atom is 0.222 e. The number of hydrogen-bond acceptors (Lipinski definition) is 6. The Balaban J connectivity index is 1.65. The van der Waals surface area contributed by atoms with E-state index < -0.39 is 0 Å². The fraction of sp³-hybridized carbons (Fsp3) is 0.688. The highest BCUT2D eigenvalue weighted by molar-refractivity contribution is 5.77. The first kappa shape index (κ1) is 16.0. The van der Waals surface area contributed by atoms with Crippen LogP contribution in [-0.4, -0.2) is 53.8 Å². The molecule has 2 aliphatic heterocycles. The highest BCUT2D eigenvalue weighted by Crippen LogP contribution is 2.32. The maximum atomic E-state index is 11.8. The molecule has 2 fully saturated rings. The Morgan fingerprint density at radius 1 is 1.35 bits per heavy atom. The molecular weight excluding hydrogens is 294 g/mol. The molecule has 1 aromatic rings. The summed E-state index contributed by atoms with van der Waals surface area (Å²) >= 11 is 0. The predicted molar refractivity (Wildman–Crippen MR) is 88.5 cm³/mol. The molecule has 2 N–H and O–H groups in total. The summed E-state index contributed by atoms with van der Waals surface area (Å²) in [6, 6.07) is 2.32. The van der Waals surface area contributed by atoms with Crippen LogP contribution in [-0.2, 0) is 9.53 Å². The van der Waals surface area contributed by atoms with Crippen LogP contribution in [0, 0.1) is 0 Å². The highest BCUT2D eigenvalue weighted by atomic mass is 16.5. The molecule has 1 amide bonds. The third-order valence-electron chi connectivity index (χ3n) is 4.40. The number of rotatable bonds is 3. The molecule has 0 unspecified atom stereocenters. The molecule has 3 rings (SSSR count). The van der Waals surface area contributed by atoms with Gasteiger partial charge < -0.3 is 20.3 Å². The van der Waals surface area contributed by atoms with Gasteiger partial charge in [-0.2, -0.15) is 0 Å². The number of nitrogens with zero attached hydrogens (tertiary/aromatic N) is 3. The first-order valence-electron chi connectivity index (χ1n) is 8.31. The molecule has 0 aliphatic carbocycles. The minimum Gasteiger partial charge on any atom is -0.372 e. The number of ether oxygens (including phenoxy) is 1. The van der Waals surface area contributed by atoms with Gasteiger partial charge in [0.1, 0.15) is 18.0 Å². The maximum absolute atomic E-state index is 11.8. The predicted octanol–water partition coefficient (Wildman–Crippen LogP) is 1.17. The molecule has 1 aromatic heterocycles. The van der Waals surface area contributed by atoms with Crippen LogP contribution in [0.15, 0.2) is 12.4 Å². The van der Waals surface area contributed by atoms with Crippen LogP contribution in [0.25, 0.3) is 0 Å². The number of anilines is 2. The molecule has 0 aromatic carbocycles. The average molecular weight is 319 g/mol. The van der Waals surface area contributed by atoms with Crippen molar-refractivity contribution in [3.05, 3.63) is 12.4 Å². The van der Waals surface area contributed by atoms with Crippen molar-refractivity contribution in [2.24, 2.45) is 0 Å². The standard InChI is InChI=1S/C16H25N5O2/c1-12(2)20-13-9-14(19-11-18-13)21-6-3-16(4-7-21)10-15(22)17-5-8-23-16/h9,11-12H,3-8,10H2,1-2H3,(H,17,22)(H,18,19,20). The Labute approximate surface area is 136 Å². The Morgan fingerprint density at radius 2 is 2.13 bits per heavy atom. The van der Waals surface area contributed by atoms with Gasteiger partial charge in [0, 0.05) is 31.7 Å². The summed E-state index contributed by atoms with van der Waals surface area (Å²) in [4.78, 5) is 22.7. The lowest BCUT2D eigenvalue weighted by molar-refractivity contribution is -0.126. The van der Waals surface area contributed by atoms with Gasteiger partial charge in [-0.1, -0.05) is 0 Å². The zero-order valence-electron chi connectivity index (χ0n) is 13.8. The van der Waals surface area contributed by atoms with E-state index in [4.69, 9.17) is 4.74 Å². The molecule has 0 radical (unpaired) electrons. The molecular formula is C16H25N5O2. The van der Waals surface area contributed by atoms with Crippen molar-refractivity contribution >= 4 is 17.5 Å². The quantitative estimate of drug-likeness (QED) is 0.871. The Hall–Kier alpha value is -1.89. The third-order valence-corrected chi connectivity index (χ3v) is 4.40. The van der Waals surface area contributed by atoms with Gasteiger partial charge >= 0.3 is 0 Å². The largest absolute Gasteiger partial charge is 0.372 e. The molecule has 3 heterocycles. The van der Waals surface area contributed by atoms with Gasteiger partial charge in [0.05, 0.1) is 18.6 Å². The van der Waals surface area contributed by atoms with E-state index in [9.17, 15) is 4.79 Å². The molecule has 0 saturated carbocycles. The fourth-order valence-corrected chi connectivity index (χ4v) is 3.22. The number of piperidine rings is 1. The van der Waals surface area contributed by atoms with Gasteiger partial charge in [-0.15, -0.1) is 0 Å². The summed E-state index contributed by atoms with van der Waals surface area (Å²) in [5.74, 6) is 1.87. The van der Waals surface area contributed by atoms with E-state index in [1.54, 1.807) is 6.33 Å². The van der Waals surface area contributed by atoms with E-state index in [1.165, 1.54) is 0 Å². The monoisotopic (exact) mass is 319 g/mol. The Kier molecular flexibility index (Phi) is 4.66. The number of nitrogens with one attached hydrogen (secondary N) is 2. The van der Waals surface area contributed by atoms with Crippen LogP contribution in [0.1, 0.15) is 33.1 Å². The van der Waals surface area contributed by atoms with E-state index in [2.05, 4.69) is 39.3 Å². The second-order valence-electron chi connectivity index (χ2n) is 6.61. The van der Waals surface area contributed by atoms with Crippen molar-refractivity contribution in [3.63, 3.8) is 0 Å². The minimum atomic E-state index is -0.302. The van der Waals surface area contributed by atoms with Crippen LogP contribution < -0.4 is 15.5 Å². The summed E-state index contributed by atoms with van der Waals surface area (Å²) in [5.41, 5.74) is -0.302. The van der Waals surface area contributed by atoms with Gasteiger partial charge in [-0.3, -0.25) is 4.79 Å². The first-order chi connectivity index (χ1) is 11.1. The molecule has 0 atom stereocenters. The first-order valence-corrected chi connectivity index (χ1v) is 8.31. The molecule has 1 spiro atoms. The normalized spacial score (nSPS) is 21.2. The Bertz CT molecular complexity index is 555. The minimum absolute atomic E-state index is 0.0985. The summed E-state index contributed by atoms with van der Waals surface area (Å²) < 4.78 is 6.01. The zero-order chi connectivity index (χ0) is 16.3. The number of carbonyl (C=O) groups excluding carboxylic acids is 1. The lowest BCUT2D eigenvalue weighted by Gasteiger charge is -2.40. The van der Waals surface area contributed by atoms with Crippen molar-refractivity contribution in [3.8, 4) is 0 Å². The number of carbonyl (C=O) groups is 1. The van der Waals surface area contributed by atoms with E-state index >= 15 is 0 Å². The number of hydrogen-bond donors (Lipinski definition) is 2. The SMILES string of the molecule is CC(C)Nc1cc(N2CCC3(CC2)CC(=O)NCCO3)ncn1. The molecule has 23 heavy (non-hydrogen) atoms. The van der Waals surface area contributed by atoms with Crippen molar-refractivity contribution < 1.29 is 9.53 Å². The van der Waals surface area contributed by atoms with Crippen molar-refractivity contribution in [1.82, 2.24) is 15.3 Å². The van der Waals surface area contributed by atoms with Crippen molar-refractivity contribution in [1.29, 1.82) is 0 Å². The second-order valence-corrected chi connectivity index (χ2v) is 6.61. The van der Waals surface area contributed by atoms with Gasteiger partial charge in [0.15, 0.2) is 0 Å². The molecule has 0 bridgehead atoms. The van der Waals surface area contributed by atoms with Gasteiger partial charge in [0.25, 0.3) is 0 Å². The second kappa shape index (κ2) is 6.70. The Morgan fingerprint density at radius 3 is 2.87 bits per heavy atom. The zero-order valence-corrected chi connectivity index (χ0v) is 13.8. The van der Waals surface area contributed by atoms with E-state index in [1.807, 2.05) is 6.07 Å². The van der Waals surface area contributed by atoms with E-state index in [0.717, 1.165) is 37.6 Å². The molecule has 7 nitrogen and oxygen atoms in total. The third kappa shape index (κ3) is 3.90. The van der Waals surface area contributed by atoms with Gasteiger partial charge in [-0.05, 0) is 26.7 Å². The van der Waals surface area contributed by atoms with Crippen molar-refractivity contribution in [2.75, 3.05) is 36.5 Å². The van der Waals surface area contributed by atoms with Crippen LogP contribution in [0.3, 0.4) is 0 Å². The lowest BCUT2D eigenvalue weighted by Crippen LogP contribution is -2.47. The van der Waals surface area contributed by atoms with Crippen molar-refractivity contribution in [2.45, 2.75) is 44.8 Å². The van der Waals surface area contributed by atoms with Crippen LogP contribution >= 0.6 is 0 Å². The molecule has 126 valence electrons. The van der Waals surface area contributed by atoms with E-state index in [-0.39, 0.29) is 11.5 Å². The smallest absolute Gasteiger partial charge is 0.222 e. The fourth-order valence-electron chi connectivity index (χ4n) is 3.22. The van der Waals surface area contributed by atoms with Gasteiger partial charge in [0.2, 0.25) is 5.91 Å². The van der Waals surface area contributed by atoms with E-state index in [0.29, 0.717) is 25.6 Å². The van der Waals surface area contributed by atoms with Crippen LogP contribution in [0.5, 0.6) is 0 Å².